The van der Waals surface area contributed by atoms with Crippen molar-refractivity contribution in [1.29, 1.82) is 0 Å². The summed E-state index contributed by atoms with van der Waals surface area (Å²) in [4.78, 5) is 0. The van der Waals surface area contributed by atoms with Gasteiger partial charge in [0.25, 0.3) is 0 Å². The van der Waals surface area contributed by atoms with E-state index in [1.807, 2.05) is 0 Å². The van der Waals surface area contributed by atoms with Crippen molar-refractivity contribution in [3.63, 3.8) is 0 Å². The first-order valence-electron chi connectivity index (χ1n) is 21.0. The number of benzene rings is 8. The van der Waals surface area contributed by atoms with Gasteiger partial charge in [0, 0.05) is 32.7 Å². The third kappa shape index (κ3) is 6.83. The van der Waals surface area contributed by atoms with Gasteiger partial charge in [0.05, 0.1) is 0 Å². The van der Waals surface area contributed by atoms with E-state index in [0.29, 0.717) is 11.5 Å². The number of aryl methyl sites for hydroxylation is 10. The molecule has 0 N–H and O–H groups in total. The highest BCUT2D eigenvalue weighted by molar-refractivity contribution is 7.32. The van der Waals surface area contributed by atoms with E-state index in [-0.39, 0.29) is 0 Å². The Bertz CT molecular complexity index is 3220. The number of rotatable bonds is 5. The number of hydrogen-bond acceptors (Lipinski definition) is 6. The zero-order valence-corrected chi connectivity index (χ0v) is 38.5. The highest BCUT2D eigenvalue weighted by atomic mass is 31.1. The van der Waals surface area contributed by atoms with Crippen LogP contribution < -0.4 is 9.05 Å². The summed E-state index contributed by atoms with van der Waals surface area (Å²) in [5.41, 5.74) is 15.4. The molecule has 0 unspecified atom stereocenters. The minimum atomic E-state index is -2.02. The summed E-state index contributed by atoms with van der Waals surface area (Å²) < 4.78 is 42.2. The van der Waals surface area contributed by atoms with Crippen LogP contribution in [0.15, 0.2) is 126 Å². The van der Waals surface area contributed by atoms with Crippen molar-refractivity contribution in [3.8, 4) is 22.6 Å². The van der Waals surface area contributed by atoms with Crippen LogP contribution in [0, 0.1) is 69.2 Å². The second-order valence-corrected chi connectivity index (χ2v) is 19.1. The third-order valence-corrected chi connectivity index (χ3v) is 13.9. The fourth-order valence-corrected chi connectivity index (χ4v) is 11.9. The van der Waals surface area contributed by atoms with Crippen LogP contribution >= 0.6 is 16.5 Å². The Morgan fingerprint density at radius 2 is 0.613 bits per heavy atom. The van der Waals surface area contributed by atoms with Gasteiger partial charge in [-0.1, -0.05) is 72.8 Å². The Balaban J connectivity index is 1.29. The zero-order chi connectivity index (χ0) is 43.1. The summed E-state index contributed by atoms with van der Waals surface area (Å²) in [5, 5.41) is 8.14. The van der Waals surface area contributed by atoms with E-state index in [1.165, 1.54) is 0 Å². The topological polar surface area (TPSA) is 71.0 Å². The minimum Gasteiger partial charge on any atom is -0.390 e. The molecule has 0 aliphatic carbocycles. The molecule has 2 heterocycles. The lowest BCUT2D eigenvalue weighted by Gasteiger charge is -2.20. The van der Waals surface area contributed by atoms with Gasteiger partial charge in [-0.25, -0.2) is 0 Å². The van der Waals surface area contributed by atoms with Gasteiger partial charge in [0.15, 0.2) is 0 Å². The first-order chi connectivity index (χ1) is 29.8. The van der Waals surface area contributed by atoms with Gasteiger partial charge >= 0.3 is 16.5 Å². The lowest BCUT2D eigenvalue weighted by molar-refractivity contribution is 0.491. The summed E-state index contributed by atoms with van der Waals surface area (Å²) >= 11 is 0. The molecule has 0 saturated heterocycles. The maximum Gasteiger partial charge on any atom is 0.453 e. The third-order valence-electron chi connectivity index (χ3n) is 11.9. The quantitative estimate of drug-likeness (QED) is 0.172. The van der Waals surface area contributed by atoms with E-state index >= 15 is 0 Å². The van der Waals surface area contributed by atoms with E-state index in [1.54, 1.807) is 0 Å². The van der Waals surface area contributed by atoms with Gasteiger partial charge in [-0.05, 0) is 183 Å². The van der Waals surface area contributed by atoms with Crippen molar-refractivity contribution in [1.82, 2.24) is 0 Å². The molecule has 0 amide bonds. The van der Waals surface area contributed by atoms with Crippen LogP contribution in [0.5, 0.6) is 11.5 Å². The van der Waals surface area contributed by atoms with Crippen LogP contribution in [-0.2, 0) is 0 Å². The van der Waals surface area contributed by atoms with Gasteiger partial charge in [0.2, 0.25) is 0 Å². The minimum absolute atomic E-state index is 0.652. The molecule has 62 heavy (non-hydrogen) atoms. The monoisotopic (exact) mass is 854 g/mol. The van der Waals surface area contributed by atoms with Crippen LogP contribution in [0.2, 0.25) is 0 Å². The number of hydrogen-bond donors (Lipinski definition) is 0. The molecular formula is C54H48O6P2. The Morgan fingerprint density at radius 3 is 0.919 bits per heavy atom. The second-order valence-electron chi connectivity index (χ2n) is 17.1. The van der Waals surface area contributed by atoms with Crippen LogP contribution in [0.3, 0.4) is 0 Å². The summed E-state index contributed by atoms with van der Waals surface area (Å²) in [5.74, 6) is 1.30. The molecule has 8 heteroatoms. The van der Waals surface area contributed by atoms with Crippen molar-refractivity contribution >= 4 is 81.9 Å². The van der Waals surface area contributed by atoms with Crippen molar-refractivity contribution in [2.24, 2.45) is 0 Å². The predicted octanol–water partition coefficient (Wildman–Crippen LogP) is 17.6. The normalized spacial score (nSPS) is 11.7. The second kappa shape index (κ2) is 15.2. The SMILES string of the molecule is Cc1cc(C)c2op(Oc3c(C)cc4ccccc4c3-c3c(Op4oc5c(C)cc(C)cc5c5cc(C)cc(C)c5o4)c(C)cc4ccccc34)oc3c(C)cc(C)cc3c2c1. The smallest absolute Gasteiger partial charge is 0.390 e. The molecule has 10 rings (SSSR count). The average Bonchev–Trinajstić information content (AvgIpc) is 3.47. The van der Waals surface area contributed by atoms with Crippen molar-refractivity contribution in [3.05, 3.63) is 165 Å². The van der Waals surface area contributed by atoms with Gasteiger partial charge in [-0.2, -0.15) is 0 Å². The molecule has 0 fully saturated rings. The Labute approximate surface area is 363 Å². The van der Waals surface area contributed by atoms with Crippen LogP contribution in [0.4, 0.5) is 0 Å². The molecule has 0 saturated carbocycles. The highest BCUT2D eigenvalue weighted by Gasteiger charge is 2.26. The van der Waals surface area contributed by atoms with E-state index in [4.69, 9.17) is 25.8 Å². The lowest BCUT2D eigenvalue weighted by atomic mass is 9.89. The summed E-state index contributed by atoms with van der Waals surface area (Å²) in [6.07, 6.45) is 0. The van der Waals surface area contributed by atoms with E-state index in [2.05, 4.69) is 178 Å². The molecule has 0 atom stereocenters. The molecule has 310 valence electrons. The molecule has 2 aromatic heterocycles. The van der Waals surface area contributed by atoms with Crippen molar-refractivity contribution in [2.75, 3.05) is 0 Å². The number of fused-ring (bicyclic) bond motifs is 8. The summed E-state index contributed by atoms with van der Waals surface area (Å²) in [6, 6.07) is 38.6. The fraction of sp³-hybridized carbons (Fsp3) is 0.185. The molecule has 0 spiro atoms. The maximum atomic E-state index is 7.25. The lowest BCUT2D eigenvalue weighted by Crippen LogP contribution is -1.97. The molecule has 0 aliphatic rings. The molecule has 6 nitrogen and oxygen atoms in total. The van der Waals surface area contributed by atoms with Crippen molar-refractivity contribution in [2.45, 2.75) is 69.2 Å². The van der Waals surface area contributed by atoms with Gasteiger partial charge < -0.3 is 25.8 Å². The predicted molar refractivity (Wildman–Crippen MR) is 259 cm³/mol. The first-order valence-corrected chi connectivity index (χ1v) is 23.2. The first kappa shape index (κ1) is 39.8. The Hall–Kier alpha value is -6.32. The highest BCUT2D eigenvalue weighted by Crippen LogP contribution is 2.53. The maximum absolute atomic E-state index is 7.25. The molecule has 0 bridgehead atoms. The van der Waals surface area contributed by atoms with Gasteiger partial charge in [-0.15, -0.1) is 0 Å². The van der Waals surface area contributed by atoms with Gasteiger partial charge in [-0.3, -0.25) is 0 Å². The van der Waals surface area contributed by atoms with Crippen LogP contribution in [0.1, 0.15) is 55.6 Å². The van der Waals surface area contributed by atoms with Gasteiger partial charge in [0.1, 0.15) is 33.8 Å². The largest absolute Gasteiger partial charge is 0.453 e. The molecule has 0 radical (unpaired) electrons. The summed E-state index contributed by atoms with van der Waals surface area (Å²) in [7, 11) is -4.03. The van der Waals surface area contributed by atoms with E-state index in [0.717, 1.165) is 132 Å². The standard InChI is InChI=1S/C54H48O6P2/c1-29-19-33(5)49-43(23-29)44-24-30(2)20-34(6)50(44)56-61(55-49)59-53-37(9)27-39-15-11-13-17-41(39)47(53)48-42-18-14-12-16-40(42)28-38(10)54(48)60-62-57-51-35(7)21-31(3)25-45(51)46-26-32(4)22-36(8)52(46)58-62/h11-28H,1-10H3. The fourth-order valence-electron chi connectivity index (χ4n) is 9.33. The molecular weight excluding hydrogens is 807 g/mol. The summed E-state index contributed by atoms with van der Waals surface area (Å²) in [6.45, 7) is 21.0. The molecule has 8 aromatic carbocycles. The van der Waals surface area contributed by atoms with Crippen LogP contribution in [0.25, 0.3) is 76.5 Å². The molecule has 10 aromatic rings. The van der Waals surface area contributed by atoms with Crippen molar-refractivity contribution < 1.29 is 25.8 Å². The van der Waals surface area contributed by atoms with E-state index in [9.17, 15) is 0 Å². The Morgan fingerprint density at radius 1 is 0.323 bits per heavy atom. The average molecular weight is 855 g/mol. The van der Waals surface area contributed by atoms with E-state index < -0.39 is 16.5 Å². The molecule has 0 aliphatic heterocycles. The Kier molecular flexibility index (Phi) is 9.78. The zero-order valence-electron chi connectivity index (χ0n) is 36.7. The van der Waals surface area contributed by atoms with Crippen LogP contribution in [-0.4, -0.2) is 0 Å².